The molecule has 3 aromatic carbocycles. The number of carbonyl (C=O) groups is 2. The molecular formula is C28H24N4O3S. The van der Waals surface area contributed by atoms with Crippen molar-refractivity contribution in [1.82, 2.24) is 14.9 Å². The van der Waals surface area contributed by atoms with E-state index in [2.05, 4.69) is 5.32 Å². The van der Waals surface area contributed by atoms with Gasteiger partial charge in [-0.15, -0.1) is 11.3 Å². The molecule has 2 aromatic heterocycles. The summed E-state index contributed by atoms with van der Waals surface area (Å²) < 4.78 is 2.02. The third kappa shape index (κ3) is 4.64. The molecule has 1 unspecified atom stereocenters. The van der Waals surface area contributed by atoms with Crippen LogP contribution in [0.15, 0.2) is 90.4 Å². The van der Waals surface area contributed by atoms with Gasteiger partial charge in [0.2, 0.25) is 0 Å². The maximum Gasteiger partial charge on any atom is 0.335 e. The fourth-order valence-electron chi connectivity index (χ4n) is 4.18. The molecule has 0 saturated carbocycles. The Morgan fingerprint density at radius 2 is 1.78 bits per heavy atom. The van der Waals surface area contributed by atoms with Crippen LogP contribution in [0.25, 0.3) is 21.5 Å². The Morgan fingerprint density at radius 1 is 1.03 bits per heavy atom. The summed E-state index contributed by atoms with van der Waals surface area (Å²) in [5, 5.41) is 16.0. The fourth-order valence-corrected chi connectivity index (χ4v) is 5.00. The Morgan fingerprint density at radius 3 is 2.50 bits per heavy atom. The molecule has 4 N–H and O–H groups in total. The first-order chi connectivity index (χ1) is 17.3. The summed E-state index contributed by atoms with van der Waals surface area (Å²) in [4.78, 5) is 29.3. The lowest BCUT2D eigenvalue weighted by atomic mass is 10.00. The number of nitrogens with one attached hydrogen (secondary N) is 1. The highest BCUT2D eigenvalue weighted by atomic mass is 32.1. The lowest BCUT2D eigenvalue weighted by Crippen LogP contribution is -2.50. The number of rotatable bonds is 7. The van der Waals surface area contributed by atoms with Crippen LogP contribution in [0, 0.1) is 0 Å². The Hall–Kier alpha value is -4.27. The van der Waals surface area contributed by atoms with Gasteiger partial charge in [0.25, 0.3) is 5.91 Å². The summed E-state index contributed by atoms with van der Waals surface area (Å²) in [5.74, 6) is -1.34. The third-order valence-corrected chi connectivity index (χ3v) is 6.98. The van der Waals surface area contributed by atoms with Crippen LogP contribution < -0.4 is 11.1 Å². The van der Waals surface area contributed by atoms with Gasteiger partial charge in [-0.1, -0.05) is 54.6 Å². The van der Waals surface area contributed by atoms with E-state index in [0.717, 1.165) is 27.2 Å². The molecule has 2 heterocycles. The molecule has 0 bridgehead atoms. The molecular weight excluding hydrogens is 472 g/mol. The molecule has 0 saturated heterocycles. The van der Waals surface area contributed by atoms with E-state index in [1.165, 1.54) is 12.1 Å². The second-order valence-electron chi connectivity index (χ2n) is 8.74. The van der Waals surface area contributed by atoms with E-state index in [1.54, 1.807) is 36.5 Å². The number of carboxylic acid groups (broad SMARTS) is 1. The summed E-state index contributed by atoms with van der Waals surface area (Å²) in [6.45, 7) is 2.20. The van der Waals surface area contributed by atoms with Crippen LogP contribution in [-0.2, 0) is 12.2 Å². The summed E-state index contributed by atoms with van der Waals surface area (Å²) in [6, 6.07) is 23.8. The molecule has 0 aliphatic heterocycles. The zero-order valence-corrected chi connectivity index (χ0v) is 20.3. The molecule has 8 heteroatoms. The maximum absolute atomic E-state index is 13.4. The maximum atomic E-state index is 13.4. The SMILES string of the molecule is CC(N)(NC(=O)c1cccc2ccn(Cc3csc(-c4ccccc4)n3)c12)c1ccc(C(=O)O)cc1. The molecule has 7 nitrogen and oxygen atoms in total. The minimum absolute atomic E-state index is 0.154. The number of hydrogen-bond donors (Lipinski definition) is 3. The number of fused-ring (bicyclic) bond motifs is 1. The highest BCUT2D eigenvalue weighted by Crippen LogP contribution is 2.26. The molecule has 5 aromatic rings. The van der Waals surface area contributed by atoms with Crippen molar-refractivity contribution in [3.05, 3.63) is 113 Å². The van der Waals surface area contributed by atoms with Crippen LogP contribution in [0.3, 0.4) is 0 Å². The number of amides is 1. The Balaban J connectivity index is 1.41. The second-order valence-corrected chi connectivity index (χ2v) is 9.59. The number of nitrogens with two attached hydrogens (primary N) is 1. The number of thiazole rings is 1. The number of carbonyl (C=O) groups excluding carboxylic acids is 1. The first-order valence-electron chi connectivity index (χ1n) is 11.3. The van der Waals surface area contributed by atoms with E-state index in [0.29, 0.717) is 17.7 Å². The molecule has 1 amide bonds. The standard InChI is InChI=1S/C28H24N4O3S/c1-28(29,21-12-10-20(11-13-21)27(34)35)31-25(33)23-9-5-8-18-14-15-32(24(18)23)16-22-17-36-26(30-22)19-6-3-2-4-7-19/h2-15,17H,16,29H2,1H3,(H,31,33)(H,34,35). The predicted octanol–water partition coefficient (Wildman–Crippen LogP) is 5.07. The van der Waals surface area contributed by atoms with Crippen molar-refractivity contribution in [2.24, 2.45) is 5.73 Å². The highest BCUT2D eigenvalue weighted by molar-refractivity contribution is 7.13. The second kappa shape index (κ2) is 9.41. The van der Waals surface area contributed by atoms with Crippen LogP contribution in [-0.4, -0.2) is 26.5 Å². The van der Waals surface area contributed by atoms with Gasteiger partial charge in [-0.3, -0.25) is 4.79 Å². The van der Waals surface area contributed by atoms with Gasteiger partial charge in [0, 0.05) is 22.5 Å². The van der Waals surface area contributed by atoms with Crippen molar-refractivity contribution in [2.45, 2.75) is 19.1 Å². The van der Waals surface area contributed by atoms with E-state index < -0.39 is 11.6 Å². The van der Waals surface area contributed by atoms with Crippen LogP contribution in [0.1, 0.15) is 38.9 Å². The van der Waals surface area contributed by atoms with Crippen molar-refractivity contribution >= 4 is 34.1 Å². The van der Waals surface area contributed by atoms with Crippen molar-refractivity contribution in [3.8, 4) is 10.6 Å². The van der Waals surface area contributed by atoms with Crippen molar-refractivity contribution in [1.29, 1.82) is 0 Å². The quantitative estimate of drug-likeness (QED) is 0.272. The van der Waals surface area contributed by atoms with Crippen molar-refractivity contribution < 1.29 is 14.7 Å². The topological polar surface area (TPSA) is 110 Å². The molecule has 36 heavy (non-hydrogen) atoms. The van der Waals surface area contributed by atoms with E-state index in [4.69, 9.17) is 15.8 Å². The van der Waals surface area contributed by atoms with Gasteiger partial charge in [0.1, 0.15) is 10.7 Å². The molecule has 0 radical (unpaired) electrons. The molecule has 5 rings (SSSR count). The lowest BCUT2D eigenvalue weighted by molar-refractivity contribution is 0.0696. The normalized spacial score (nSPS) is 12.8. The summed E-state index contributed by atoms with van der Waals surface area (Å²) >= 11 is 1.59. The average Bonchev–Trinajstić information content (AvgIpc) is 3.52. The number of carboxylic acids is 1. The largest absolute Gasteiger partial charge is 0.478 e. The third-order valence-electron chi connectivity index (χ3n) is 6.04. The van der Waals surface area contributed by atoms with Crippen LogP contribution >= 0.6 is 11.3 Å². The Labute approximate surface area is 211 Å². The monoisotopic (exact) mass is 496 g/mol. The zero-order chi connectivity index (χ0) is 25.3. The molecule has 0 aliphatic carbocycles. The van der Waals surface area contributed by atoms with E-state index >= 15 is 0 Å². The van der Waals surface area contributed by atoms with Crippen LogP contribution in [0.2, 0.25) is 0 Å². The number of nitrogens with zero attached hydrogens (tertiary/aromatic N) is 2. The van der Waals surface area contributed by atoms with Gasteiger partial charge in [-0.25, -0.2) is 9.78 Å². The van der Waals surface area contributed by atoms with Gasteiger partial charge in [0.15, 0.2) is 0 Å². The van der Waals surface area contributed by atoms with E-state index in [9.17, 15) is 9.59 Å². The Bertz CT molecular complexity index is 1550. The predicted molar refractivity (Wildman–Crippen MR) is 141 cm³/mol. The minimum atomic E-state index is -1.20. The molecule has 1 atom stereocenters. The number of para-hydroxylation sites is 1. The van der Waals surface area contributed by atoms with Gasteiger partial charge in [0.05, 0.1) is 28.9 Å². The van der Waals surface area contributed by atoms with Crippen molar-refractivity contribution in [2.75, 3.05) is 0 Å². The highest BCUT2D eigenvalue weighted by Gasteiger charge is 2.26. The number of benzene rings is 3. The number of aromatic carboxylic acids is 1. The molecule has 0 spiro atoms. The molecule has 0 fully saturated rings. The minimum Gasteiger partial charge on any atom is -0.478 e. The molecule has 0 aliphatic rings. The van der Waals surface area contributed by atoms with Crippen molar-refractivity contribution in [3.63, 3.8) is 0 Å². The van der Waals surface area contributed by atoms with Gasteiger partial charge in [-0.05, 0) is 36.8 Å². The van der Waals surface area contributed by atoms with Gasteiger partial charge >= 0.3 is 5.97 Å². The smallest absolute Gasteiger partial charge is 0.335 e. The summed E-state index contributed by atoms with van der Waals surface area (Å²) in [7, 11) is 0. The first-order valence-corrected chi connectivity index (χ1v) is 12.2. The summed E-state index contributed by atoms with van der Waals surface area (Å²) in [5.41, 5.74) is 9.27. The lowest BCUT2D eigenvalue weighted by Gasteiger charge is -2.27. The van der Waals surface area contributed by atoms with Gasteiger partial charge < -0.3 is 20.7 Å². The Kier molecular flexibility index (Phi) is 6.13. The zero-order valence-electron chi connectivity index (χ0n) is 19.5. The fraction of sp³-hybridized carbons (Fsp3) is 0.107. The van der Waals surface area contributed by atoms with Crippen LogP contribution in [0.4, 0.5) is 0 Å². The van der Waals surface area contributed by atoms with E-state index in [1.807, 2.05) is 64.7 Å². The number of hydrogen-bond acceptors (Lipinski definition) is 5. The first kappa shape index (κ1) is 23.5. The van der Waals surface area contributed by atoms with Crippen LogP contribution in [0.5, 0.6) is 0 Å². The number of aromatic nitrogens is 2. The van der Waals surface area contributed by atoms with E-state index in [-0.39, 0.29) is 11.5 Å². The van der Waals surface area contributed by atoms with Gasteiger partial charge in [-0.2, -0.15) is 0 Å². The molecule has 180 valence electrons. The summed E-state index contributed by atoms with van der Waals surface area (Å²) in [6.07, 6.45) is 1.95. The average molecular weight is 497 g/mol.